The highest BCUT2D eigenvalue weighted by molar-refractivity contribution is 5.87. The number of benzene rings is 1. The van der Waals surface area contributed by atoms with Crippen molar-refractivity contribution in [2.24, 2.45) is 64.6 Å². The Kier molecular flexibility index (Phi) is 5.17. The van der Waals surface area contributed by atoms with Crippen LogP contribution < -0.4 is 5.32 Å². The summed E-state index contributed by atoms with van der Waals surface area (Å²) in [5.41, 5.74) is 1.60. The van der Waals surface area contributed by atoms with E-state index < -0.39 is 0 Å². The molecule has 33 heavy (non-hydrogen) atoms. The first-order valence-corrected chi connectivity index (χ1v) is 13.7. The normalized spacial score (nSPS) is 47.3. The lowest BCUT2D eigenvalue weighted by Gasteiger charge is -2.57. The van der Waals surface area contributed by atoms with Gasteiger partial charge in [0, 0.05) is 5.92 Å². The van der Waals surface area contributed by atoms with E-state index in [2.05, 4.69) is 32.2 Å². The molecule has 1 aromatic rings. The lowest BCUT2D eigenvalue weighted by atomic mass is 9.47. The van der Waals surface area contributed by atoms with Gasteiger partial charge < -0.3 is 5.32 Å². The van der Waals surface area contributed by atoms with Gasteiger partial charge in [-0.05, 0) is 109 Å². The first kappa shape index (κ1) is 21.7. The summed E-state index contributed by atoms with van der Waals surface area (Å²) in [7, 11) is 0. The molecular formula is C30H40N2O. The van der Waals surface area contributed by atoms with E-state index in [-0.39, 0.29) is 11.3 Å². The SMILES string of the molecule is C[C@H]1CC[C@@H]2C3CC[C@@]4(C)C([C@@H]3CC[C@@H]2C1)[C@@H]1[C@H](C)[C@@H]1[C@@H]4C(=O)CNc1ccccc1C#N. The van der Waals surface area contributed by atoms with Crippen LogP contribution in [0.2, 0.25) is 0 Å². The summed E-state index contributed by atoms with van der Waals surface area (Å²) >= 11 is 0. The number of Topliss-reactive ketones (excluding diaryl/α,β-unsaturated/α-hetero) is 1. The van der Waals surface area contributed by atoms with Gasteiger partial charge in [0.25, 0.3) is 0 Å². The van der Waals surface area contributed by atoms with Crippen LogP contribution in [0.1, 0.15) is 71.3 Å². The number of para-hydroxylation sites is 1. The monoisotopic (exact) mass is 444 g/mol. The van der Waals surface area contributed by atoms with Crippen LogP contribution in [0.3, 0.4) is 0 Å². The molecule has 3 heteroatoms. The zero-order chi connectivity index (χ0) is 22.9. The molecule has 0 amide bonds. The maximum atomic E-state index is 13.7. The molecule has 5 fully saturated rings. The fourth-order valence-corrected chi connectivity index (χ4v) is 10.1. The predicted octanol–water partition coefficient (Wildman–Crippen LogP) is 6.55. The van der Waals surface area contributed by atoms with E-state index in [1.165, 1.54) is 44.9 Å². The summed E-state index contributed by atoms with van der Waals surface area (Å²) in [5, 5.41) is 12.7. The molecule has 2 unspecified atom stereocenters. The van der Waals surface area contributed by atoms with Crippen molar-refractivity contribution in [2.75, 3.05) is 11.9 Å². The summed E-state index contributed by atoms with van der Waals surface area (Å²) in [4.78, 5) is 13.7. The van der Waals surface area contributed by atoms with Gasteiger partial charge in [-0.2, -0.15) is 5.26 Å². The first-order valence-electron chi connectivity index (χ1n) is 13.7. The largest absolute Gasteiger partial charge is 0.377 e. The zero-order valence-corrected chi connectivity index (χ0v) is 20.6. The van der Waals surface area contributed by atoms with Crippen LogP contribution in [0.4, 0.5) is 5.69 Å². The quantitative estimate of drug-likeness (QED) is 0.573. The van der Waals surface area contributed by atoms with Gasteiger partial charge in [0.15, 0.2) is 5.78 Å². The third-order valence-corrected chi connectivity index (χ3v) is 11.4. The van der Waals surface area contributed by atoms with Gasteiger partial charge in [0.2, 0.25) is 0 Å². The summed E-state index contributed by atoms with van der Waals surface area (Å²) in [6, 6.07) is 9.80. The molecule has 6 rings (SSSR count). The summed E-state index contributed by atoms with van der Waals surface area (Å²) in [6.45, 7) is 7.74. The molecule has 176 valence electrons. The minimum absolute atomic E-state index is 0.186. The molecule has 0 radical (unpaired) electrons. The summed E-state index contributed by atoms with van der Waals surface area (Å²) in [6.07, 6.45) is 9.84. The average Bonchev–Trinajstić information content (AvgIpc) is 3.34. The minimum atomic E-state index is 0.186. The van der Waals surface area contributed by atoms with E-state index in [4.69, 9.17) is 0 Å². The number of fused-ring (bicyclic) bond motifs is 7. The highest BCUT2D eigenvalue weighted by Gasteiger charge is 2.73. The smallest absolute Gasteiger partial charge is 0.155 e. The number of carbonyl (C=O) groups is 1. The number of rotatable bonds is 4. The van der Waals surface area contributed by atoms with Crippen LogP contribution in [-0.2, 0) is 4.79 Å². The number of nitrogens with zero attached hydrogens (tertiary/aromatic N) is 1. The third-order valence-electron chi connectivity index (χ3n) is 11.4. The average molecular weight is 445 g/mol. The van der Waals surface area contributed by atoms with Crippen molar-refractivity contribution in [1.29, 1.82) is 5.26 Å². The van der Waals surface area contributed by atoms with Crippen molar-refractivity contribution in [3.8, 4) is 6.07 Å². The molecule has 0 saturated heterocycles. The van der Waals surface area contributed by atoms with Gasteiger partial charge >= 0.3 is 0 Å². The highest BCUT2D eigenvalue weighted by atomic mass is 16.1. The Morgan fingerprint density at radius 2 is 1.85 bits per heavy atom. The first-order chi connectivity index (χ1) is 15.9. The molecule has 0 aliphatic heterocycles. The Hall–Kier alpha value is -1.82. The van der Waals surface area contributed by atoms with Crippen LogP contribution in [0, 0.1) is 75.9 Å². The number of nitrogens with one attached hydrogen (secondary N) is 1. The maximum Gasteiger partial charge on any atom is 0.155 e. The Balaban J connectivity index is 1.22. The van der Waals surface area contributed by atoms with Crippen LogP contribution in [0.15, 0.2) is 24.3 Å². The molecule has 5 aliphatic rings. The fourth-order valence-electron chi connectivity index (χ4n) is 10.1. The molecule has 3 nitrogen and oxygen atoms in total. The van der Waals surface area contributed by atoms with E-state index in [9.17, 15) is 10.1 Å². The molecule has 1 N–H and O–H groups in total. The zero-order valence-electron chi connectivity index (χ0n) is 20.6. The van der Waals surface area contributed by atoms with Gasteiger partial charge in [0.1, 0.15) is 6.07 Å². The van der Waals surface area contributed by atoms with Gasteiger partial charge in [0.05, 0.1) is 17.8 Å². The van der Waals surface area contributed by atoms with Gasteiger partial charge in [-0.3, -0.25) is 4.79 Å². The fraction of sp³-hybridized carbons (Fsp3) is 0.733. The van der Waals surface area contributed by atoms with Gasteiger partial charge in [-0.25, -0.2) is 0 Å². The Bertz CT molecular complexity index is 980. The second kappa shape index (κ2) is 7.86. The van der Waals surface area contributed by atoms with E-state index in [0.29, 0.717) is 29.7 Å². The van der Waals surface area contributed by atoms with E-state index >= 15 is 0 Å². The van der Waals surface area contributed by atoms with Crippen molar-refractivity contribution in [2.45, 2.75) is 65.7 Å². The maximum absolute atomic E-state index is 13.7. The minimum Gasteiger partial charge on any atom is -0.377 e. The number of anilines is 1. The summed E-state index contributed by atoms with van der Waals surface area (Å²) < 4.78 is 0. The topological polar surface area (TPSA) is 52.9 Å². The standard InChI is InChI=1S/C30H40N2O/c1-17-8-10-21-19(14-17)9-11-23-22(21)12-13-30(3)28(23)26-18(2)27(26)29(30)25(33)16-32-24-7-5-4-6-20(24)15-31/h4-7,17-19,21-23,26-29,32H,8-14,16H2,1-3H3/t17-,18-,19+,21-,22?,23+,26+,27-,28?,29-,30-/m0/s1. The third kappa shape index (κ3) is 3.23. The van der Waals surface area contributed by atoms with Crippen LogP contribution in [0.25, 0.3) is 0 Å². The van der Waals surface area contributed by atoms with E-state index in [0.717, 1.165) is 47.1 Å². The Morgan fingerprint density at radius 1 is 1.06 bits per heavy atom. The Labute approximate surface area is 199 Å². The number of hydrogen-bond acceptors (Lipinski definition) is 3. The molecule has 5 saturated carbocycles. The Morgan fingerprint density at radius 3 is 2.67 bits per heavy atom. The second-order valence-corrected chi connectivity index (χ2v) is 12.8. The van der Waals surface area contributed by atoms with Crippen LogP contribution in [0.5, 0.6) is 0 Å². The number of ketones is 1. The number of carbonyl (C=O) groups excluding carboxylic acids is 1. The van der Waals surface area contributed by atoms with Gasteiger partial charge in [-0.15, -0.1) is 0 Å². The van der Waals surface area contributed by atoms with Crippen LogP contribution in [-0.4, -0.2) is 12.3 Å². The summed E-state index contributed by atoms with van der Waals surface area (Å²) in [5.74, 6) is 8.12. The molecule has 5 aliphatic carbocycles. The molecule has 0 spiro atoms. The lowest BCUT2D eigenvalue weighted by molar-refractivity contribution is -0.132. The lowest BCUT2D eigenvalue weighted by Crippen LogP contribution is -2.51. The molecular weight excluding hydrogens is 404 g/mol. The van der Waals surface area contributed by atoms with Crippen molar-refractivity contribution in [3.05, 3.63) is 29.8 Å². The van der Waals surface area contributed by atoms with Crippen molar-refractivity contribution >= 4 is 11.5 Å². The van der Waals surface area contributed by atoms with Crippen molar-refractivity contribution < 1.29 is 4.79 Å². The second-order valence-electron chi connectivity index (χ2n) is 12.8. The number of nitriles is 1. The predicted molar refractivity (Wildman–Crippen MR) is 131 cm³/mol. The highest BCUT2D eigenvalue weighted by Crippen LogP contribution is 2.76. The molecule has 0 bridgehead atoms. The molecule has 0 aromatic heterocycles. The van der Waals surface area contributed by atoms with Crippen molar-refractivity contribution in [3.63, 3.8) is 0 Å². The molecule has 11 atom stereocenters. The molecule has 1 aromatic carbocycles. The van der Waals surface area contributed by atoms with Gasteiger partial charge in [-0.1, -0.05) is 39.3 Å². The molecule has 0 heterocycles. The van der Waals surface area contributed by atoms with Crippen molar-refractivity contribution in [1.82, 2.24) is 0 Å². The van der Waals surface area contributed by atoms with E-state index in [1.54, 1.807) is 0 Å². The van der Waals surface area contributed by atoms with Crippen LogP contribution >= 0.6 is 0 Å². The van der Waals surface area contributed by atoms with E-state index in [1.807, 2.05) is 24.3 Å². The number of hydrogen-bond donors (Lipinski definition) is 1.